The van der Waals surface area contributed by atoms with E-state index < -0.39 is 0 Å². The minimum Gasteiger partial charge on any atom is -0.320 e. The van der Waals surface area contributed by atoms with E-state index >= 15 is 0 Å². The molecule has 0 aliphatic carbocycles. The van der Waals surface area contributed by atoms with Gasteiger partial charge in [0.05, 0.1) is 0 Å². The van der Waals surface area contributed by atoms with Gasteiger partial charge in [0.2, 0.25) is 0 Å². The molecule has 0 spiro atoms. The first kappa shape index (κ1) is 12.3. The second-order valence-electron chi connectivity index (χ2n) is 2.69. The third kappa shape index (κ3) is 8.38. The van der Waals surface area contributed by atoms with Gasteiger partial charge in [0.1, 0.15) is 0 Å². The quantitative estimate of drug-likeness (QED) is 0.502. The number of unbranched alkanes of at least 4 members (excludes halogenated alkanes) is 2. The minimum absolute atomic E-state index is 0.617. The first-order valence-corrected chi connectivity index (χ1v) is 5.27. The van der Waals surface area contributed by atoms with Crippen molar-refractivity contribution in [3.8, 4) is 0 Å². The molecular formula is C9H17Cl2N. The molecule has 0 rings (SSSR count). The van der Waals surface area contributed by atoms with Gasteiger partial charge in [-0.3, -0.25) is 0 Å². The summed E-state index contributed by atoms with van der Waals surface area (Å²) in [7, 11) is 1.97. The Bertz CT molecular complexity index is 124. The van der Waals surface area contributed by atoms with Crippen molar-refractivity contribution >= 4 is 23.2 Å². The molecule has 0 radical (unpaired) electrons. The van der Waals surface area contributed by atoms with Crippen LogP contribution in [0.5, 0.6) is 0 Å². The van der Waals surface area contributed by atoms with E-state index in [9.17, 15) is 0 Å². The maximum Gasteiger partial charge on any atom is 0.0272 e. The smallest absolute Gasteiger partial charge is 0.0272 e. The topological polar surface area (TPSA) is 12.0 Å². The molecule has 0 atom stereocenters. The number of alkyl halides is 1. The first-order valence-electron chi connectivity index (χ1n) is 4.36. The molecule has 0 saturated carbocycles. The van der Waals surface area contributed by atoms with Crippen molar-refractivity contribution in [2.24, 2.45) is 0 Å². The van der Waals surface area contributed by atoms with Crippen molar-refractivity contribution in [2.75, 3.05) is 19.5 Å². The predicted octanol–water partition coefficient (Wildman–Crippen LogP) is 3.13. The Balaban J connectivity index is 3.21. The molecule has 3 heteroatoms. The summed E-state index contributed by atoms with van der Waals surface area (Å²) >= 11 is 11.4. The summed E-state index contributed by atoms with van der Waals surface area (Å²) in [6.07, 6.45) is 6.34. The van der Waals surface area contributed by atoms with Crippen LogP contribution in [0, 0.1) is 0 Å². The molecule has 0 aliphatic heterocycles. The SMILES string of the molecule is CNCCCC/C=C(/Cl)CCCl. The van der Waals surface area contributed by atoms with Gasteiger partial charge in [-0.05, 0) is 39.3 Å². The lowest BCUT2D eigenvalue weighted by Crippen LogP contribution is -2.06. The predicted molar refractivity (Wildman–Crippen MR) is 57.1 cm³/mol. The fourth-order valence-electron chi connectivity index (χ4n) is 0.897. The molecule has 72 valence electrons. The van der Waals surface area contributed by atoms with Gasteiger partial charge in [0, 0.05) is 10.9 Å². The van der Waals surface area contributed by atoms with E-state index in [0.717, 1.165) is 24.4 Å². The molecule has 0 aromatic carbocycles. The van der Waals surface area contributed by atoms with E-state index in [2.05, 4.69) is 11.4 Å². The lowest BCUT2D eigenvalue weighted by molar-refractivity contribution is 0.684. The number of rotatable bonds is 7. The molecule has 1 N–H and O–H groups in total. The zero-order valence-electron chi connectivity index (χ0n) is 7.58. The van der Waals surface area contributed by atoms with Gasteiger partial charge in [0.15, 0.2) is 0 Å². The molecule has 0 aromatic rings. The monoisotopic (exact) mass is 209 g/mol. The summed E-state index contributed by atoms with van der Waals surface area (Å²) in [5.41, 5.74) is 0. The fourth-order valence-corrected chi connectivity index (χ4v) is 1.40. The second-order valence-corrected chi connectivity index (χ2v) is 3.55. The third-order valence-electron chi connectivity index (χ3n) is 1.58. The molecule has 1 nitrogen and oxygen atoms in total. The Morgan fingerprint density at radius 3 is 2.75 bits per heavy atom. The maximum atomic E-state index is 5.85. The van der Waals surface area contributed by atoms with Gasteiger partial charge in [0.25, 0.3) is 0 Å². The summed E-state index contributed by atoms with van der Waals surface area (Å²) in [4.78, 5) is 0. The first-order chi connectivity index (χ1) is 5.81. The van der Waals surface area contributed by atoms with Gasteiger partial charge >= 0.3 is 0 Å². The maximum absolute atomic E-state index is 5.85. The van der Waals surface area contributed by atoms with E-state index in [1.165, 1.54) is 12.8 Å². The highest BCUT2D eigenvalue weighted by Gasteiger charge is 1.90. The number of hydrogen-bond donors (Lipinski definition) is 1. The van der Waals surface area contributed by atoms with Crippen LogP contribution in [0.3, 0.4) is 0 Å². The van der Waals surface area contributed by atoms with Crippen molar-refractivity contribution in [1.29, 1.82) is 0 Å². The summed E-state index contributed by atoms with van der Waals surface area (Å²) in [6, 6.07) is 0. The Kier molecular flexibility index (Phi) is 9.59. The molecule has 0 heterocycles. The van der Waals surface area contributed by atoms with Crippen LogP contribution in [0.1, 0.15) is 25.7 Å². The number of halogens is 2. The summed E-state index contributed by atoms with van der Waals surface area (Å²) in [6.45, 7) is 1.08. The standard InChI is InChI=1S/C9H17Cl2N/c1-12-8-4-2-3-5-9(11)6-7-10/h5,12H,2-4,6-8H2,1H3/b9-5+. The average molecular weight is 210 g/mol. The molecule has 0 fully saturated rings. The minimum atomic E-state index is 0.617. The normalized spacial score (nSPS) is 12.1. The van der Waals surface area contributed by atoms with Crippen LogP contribution in [0.25, 0.3) is 0 Å². The van der Waals surface area contributed by atoms with Crippen LogP contribution in [-0.2, 0) is 0 Å². The number of hydrogen-bond acceptors (Lipinski definition) is 1. The van der Waals surface area contributed by atoms with E-state index in [0.29, 0.717) is 5.88 Å². The molecule has 0 saturated heterocycles. The van der Waals surface area contributed by atoms with Gasteiger partial charge in [-0.15, -0.1) is 11.6 Å². The molecule has 12 heavy (non-hydrogen) atoms. The Morgan fingerprint density at radius 2 is 2.17 bits per heavy atom. The van der Waals surface area contributed by atoms with Crippen molar-refractivity contribution in [3.63, 3.8) is 0 Å². The highest BCUT2D eigenvalue weighted by atomic mass is 35.5. The molecular weight excluding hydrogens is 193 g/mol. The lowest BCUT2D eigenvalue weighted by atomic mass is 10.2. The zero-order chi connectivity index (χ0) is 9.23. The van der Waals surface area contributed by atoms with E-state index in [4.69, 9.17) is 23.2 Å². The Hall–Kier alpha value is 0.280. The average Bonchev–Trinajstić information content (AvgIpc) is 2.05. The van der Waals surface area contributed by atoms with Crippen molar-refractivity contribution in [3.05, 3.63) is 11.1 Å². The van der Waals surface area contributed by atoms with Crippen molar-refractivity contribution < 1.29 is 0 Å². The Labute approximate surface area is 85.1 Å². The van der Waals surface area contributed by atoms with Crippen LogP contribution in [0.4, 0.5) is 0 Å². The van der Waals surface area contributed by atoms with Gasteiger partial charge in [-0.25, -0.2) is 0 Å². The highest BCUT2D eigenvalue weighted by Crippen LogP contribution is 2.10. The van der Waals surface area contributed by atoms with E-state index in [1.54, 1.807) is 0 Å². The molecule has 0 aromatic heterocycles. The summed E-state index contributed by atoms with van der Waals surface area (Å²) < 4.78 is 0. The third-order valence-corrected chi connectivity index (χ3v) is 2.11. The summed E-state index contributed by atoms with van der Waals surface area (Å²) in [5.74, 6) is 0.617. The van der Waals surface area contributed by atoms with Crippen LogP contribution in [-0.4, -0.2) is 19.5 Å². The number of allylic oxidation sites excluding steroid dienone is 2. The Morgan fingerprint density at radius 1 is 1.42 bits per heavy atom. The van der Waals surface area contributed by atoms with Crippen LogP contribution in [0.2, 0.25) is 0 Å². The van der Waals surface area contributed by atoms with E-state index in [1.807, 2.05) is 7.05 Å². The molecule has 0 amide bonds. The van der Waals surface area contributed by atoms with Crippen LogP contribution < -0.4 is 5.32 Å². The number of nitrogens with one attached hydrogen (secondary N) is 1. The largest absolute Gasteiger partial charge is 0.320 e. The molecule has 0 aliphatic rings. The van der Waals surface area contributed by atoms with Gasteiger partial charge < -0.3 is 5.32 Å². The van der Waals surface area contributed by atoms with Crippen LogP contribution in [0.15, 0.2) is 11.1 Å². The van der Waals surface area contributed by atoms with E-state index in [-0.39, 0.29) is 0 Å². The summed E-state index contributed by atoms with van der Waals surface area (Å²) in [5, 5.41) is 4.00. The van der Waals surface area contributed by atoms with Crippen molar-refractivity contribution in [1.82, 2.24) is 5.32 Å². The van der Waals surface area contributed by atoms with Crippen LogP contribution >= 0.6 is 23.2 Å². The van der Waals surface area contributed by atoms with Gasteiger partial charge in [-0.1, -0.05) is 17.7 Å². The van der Waals surface area contributed by atoms with Crippen molar-refractivity contribution in [2.45, 2.75) is 25.7 Å². The second kappa shape index (κ2) is 9.37. The lowest BCUT2D eigenvalue weighted by Gasteiger charge is -1.97. The fraction of sp³-hybridized carbons (Fsp3) is 0.778. The van der Waals surface area contributed by atoms with Gasteiger partial charge in [-0.2, -0.15) is 0 Å². The zero-order valence-corrected chi connectivity index (χ0v) is 9.09. The molecule has 0 bridgehead atoms. The highest BCUT2D eigenvalue weighted by molar-refractivity contribution is 6.30. The molecule has 0 unspecified atom stereocenters.